The maximum atomic E-state index is 13.7. The van der Waals surface area contributed by atoms with Crippen molar-refractivity contribution >= 4 is 11.0 Å². The van der Waals surface area contributed by atoms with Crippen LogP contribution in [0.3, 0.4) is 0 Å². The van der Waals surface area contributed by atoms with Gasteiger partial charge in [0.05, 0.1) is 30.1 Å². The van der Waals surface area contributed by atoms with E-state index in [4.69, 9.17) is 0 Å². The Balaban J connectivity index is 1.72. The van der Waals surface area contributed by atoms with E-state index in [0.717, 1.165) is 17.3 Å². The summed E-state index contributed by atoms with van der Waals surface area (Å²) in [7, 11) is 0. The van der Waals surface area contributed by atoms with Crippen molar-refractivity contribution in [3.63, 3.8) is 0 Å². The number of hydrogen-bond donors (Lipinski definition) is 0. The van der Waals surface area contributed by atoms with Gasteiger partial charge in [-0.3, -0.25) is 19.6 Å². The zero-order chi connectivity index (χ0) is 18.8. The Bertz CT molecular complexity index is 1090. The minimum Gasteiger partial charge on any atom is -0.432 e. The van der Waals surface area contributed by atoms with Crippen molar-refractivity contribution in [1.29, 1.82) is 0 Å². The average Bonchev–Trinajstić information content (AvgIpc) is 3.06. The van der Waals surface area contributed by atoms with Crippen molar-refractivity contribution < 1.29 is 17.9 Å². The van der Waals surface area contributed by atoms with Crippen LogP contribution < -0.4 is 4.74 Å². The standard InChI is InChI=1S/C18H12F3N5O/c19-14-2-1-11(6-17(14)27-18(20)21)12-5-16-15(24-7-12)9-25-26(16)10-13-8-22-3-4-23-13/h1-9,18H,10H2. The van der Waals surface area contributed by atoms with Crippen LogP contribution >= 0.6 is 0 Å². The second kappa shape index (κ2) is 7.02. The topological polar surface area (TPSA) is 65.7 Å². The Kier molecular flexibility index (Phi) is 4.41. The normalized spacial score (nSPS) is 11.3. The Hall–Kier alpha value is -3.49. The summed E-state index contributed by atoms with van der Waals surface area (Å²) in [5, 5.41) is 4.30. The number of halogens is 3. The van der Waals surface area contributed by atoms with Gasteiger partial charge in [-0.15, -0.1) is 0 Å². The van der Waals surface area contributed by atoms with E-state index in [9.17, 15) is 13.2 Å². The maximum absolute atomic E-state index is 13.7. The second-order valence-electron chi connectivity index (χ2n) is 5.65. The van der Waals surface area contributed by atoms with Gasteiger partial charge in [0.1, 0.15) is 5.52 Å². The summed E-state index contributed by atoms with van der Waals surface area (Å²) < 4.78 is 44.5. The van der Waals surface area contributed by atoms with Crippen molar-refractivity contribution in [2.24, 2.45) is 0 Å². The first-order chi connectivity index (χ1) is 13.1. The molecule has 0 amide bonds. The molecule has 0 aliphatic heterocycles. The van der Waals surface area contributed by atoms with E-state index in [2.05, 4.69) is 24.8 Å². The van der Waals surface area contributed by atoms with Gasteiger partial charge in [-0.2, -0.15) is 13.9 Å². The van der Waals surface area contributed by atoms with E-state index >= 15 is 0 Å². The molecule has 0 aliphatic rings. The van der Waals surface area contributed by atoms with Gasteiger partial charge in [-0.25, -0.2) is 4.39 Å². The fraction of sp³-hybridized carbons (Fsp3) is 0.111. The molecule has 136 valence electrons. The molecule has 0 atom stereocenters. The largest absolute Gasteiger partial charge is 0.432 e. The summed E-state index contributed by atoms with van der Waals surface area (Å²) in [5.41, 5.74) is 3.21. The highest BCUT2D eigenvalue weighted by Gasteiger charge is 2.13. The minimum absolute atomic E-state index is 0.394. The molecular weight excluding hydrogens is 359 g/mol. The zero-order valence-electron chi connectivity index (χ0n) is 13.8. The fourth-order valence-electron chi connectivity index (χ4n) is 2.67. The first kappa shape index (κ1) is 17.0. The van der Waals surface area contributed by atoms with Gasteiger partial charge in [0.2, 0.25) is 0 Å². The van der Waals surface area contributed by atoms with Crippen LogP contribution in [0.25, 0.3) is 22.2 Å². The molecule has 3 aromatic heterocycles. The minimum atomic E-state index is -3.11. The number of fused-ring (bicyclic) bond motifs is 1. The molecule has 4 aromatic rings. The van der Waals surface area contributed by atoms with Crippen LogP contribution in [0.4, 0.5) is 13.2 Å². The number of benzene rings is 1. The lowest BCUT2D eigenvalue weighted by atomic mass is 10.1. The van der Waals surface area contributed by atoms with Crippen LogP contribution in [0.2, 0.25) is 0 Å². The van der Waals surface area contributed by atoms with Crippen LogP contribution in [0.1, 0.15) is 5.69 Å². The summed E-state index contributed by atoms with van der Waals surface area (Å²) in [6.45, 7) is -2.71. The quantitative estimate of drug-likeness (QED) is 0.535. The smallest absolute Gasteiger partial charge is 0.387 e. The van der Waals surface area contributed by atoms with E-state index in [1.54, 1.807) is 41.7 Å². The van der Waals surface area contributed by atoms with Crippen LogP contribution in [-0.4, -0.2) is 31.3 Å². The fourth-order valence-corrected chi connectivity index (χ4v) is 2.67. The summed E-state index contributed by atoms with van der Waals surface area (Å²) >= 11 is 0. The highest BCUT2D eigenvalue weighted by molar-refractivity contribution is 5.80. The third-order valence-electron chi connectivity index (χ3n) is 3.90. The lowest BCUT2D eigenvalue weighted by Gasteiger charge is -2.09. The Morgan fingerprint density at radius 2 is 1.89 bits per heavy atom. The van der Waals surface area contributed by atoms with Gasteiger partial charge in [-0.05, 0) is 23.8 Å². The highest BCUT2D eigenvalue weighted by Crippen LogP contribution is 2.29. The Morgan fingerprint density at radius 3 is 2.67 bits per heavy atom. The molecule has 0 spiro atoms. The van der Waals surface area contributed by atoms with Gasteiger partial charge in [0, 0.05) is 24.2 Å². The van der Waals surface area contributed by atoms with Gasteiger partial charge in [0.15, 0.2) is 11.6 Å². The summed E-state index contributed by atoms with van der Waals surface area (Å²) in [6.07, 6.45) is 7.99. The van der Waals surface area contributed by atoms with E-state index < -0.39 is 18.2 Å². The number of hydrogen-bond acceptors (Lipinski definition) is 5. The molecule has 6 nitrogen and oxygen atoms in total. The van der Waals surface area contributed by atoms with Gasteiger partial charge in [0.25, 0.3) is 0 Å². The SMILES string of the molecule is Fc1ccc(-c2cnc3cnn(Cc4cnccn4)c3c2)cc1OC(F)F. The predicted octanol–water partition coefficient (Wildman–Crippen LogP) is 3.68. The number of alkyl halides is 2. The number of pyridine rings is 1. The van der Waals surface area contributed by atoms with E-state index in [0.29, 0.717) is 23.2 Å². The van der Waals surface area contributed by atoms with Crippen molar-refractivity contribution in [2.75, 3.05) is 0 Å². The van der Waals surface area contributed by atoms with E-state index in [1.807, 2.05) is 0 Å². The van der Waals surface area contributed by atoms with Gasteiger partial charge < -0.3 is 4.74 Å². The molecule has 0 fully saturated rings. The molecule has 0 N–H and O–H groups in total. The molecule has 0 saturated carbocycles. The first-order valence-electron chi connectivity index (χ1n) is 7.91. The number of ether oxygens (including phenoxy) is 1. The summed E-state index contributed by atoms with van der Waals surface area (Å²) in [5.74, 6) is -1.38. The summed E-state index contributed by atoms with van der Waals surface area (Å²) in [4.78, 5) is 12.6. The first-order valence-corrected chi connectivity index (χ1v) is 7.91. The van der Waals surface area contributed by atoms with Crippen LogP contribution in [0.15, 0.2) is 55.2 Å². The van der Waals surface area contributed by atoms with Crippen molar-refractivity contribution in [3.05, 3.63) is 66.8 Å². The van der Waals surface area contributed by atoms with Gasteiger partial charge >= 0.3 is 6.61 Å². The zero-order valence-corrected chi connectivity index (χ0v) is 13.8. The van der Waals surface area contributed by atoms with Crippen LogP contribution in [0.5, 0.6) is 5.75 Å². The molecule has 27 heavy (non-hydrogen) atoms. The molecule has 0 radical (unpaired) electrons. The van der Waals surface area contributed by atoms with Crippen molar-refractivity contribution in [2.45, 2.75) is 13.2 Å². The number of aromatic nitrogens is 5. The Morgan fingerprint density at radius 1 is 1.00 bits per heavy atom. The number of rotatable bonds is 5. The Labute approximate surface area is 151 Å². The highest BCUT2D eigenvalue weighted by atomic mass is 19.3. The summed E-state index contributed by atoms with van der Waals surface area (Å²) in [6, 6.07) is 5.56. The van der Waals surface area contributed by atoms with Gasteiger partial charge in [-0.1, -0.05) is 6.07 Å². The predicted molar refractivity (Wildman–Crippen MR) is 90.7 cm³/mol. The molecule has 3 heterocycles. The van der Waals surface area contributed by atoms with E-state index in [-0.39, 0.29) is 0 Å². The molecular formula is C18H12F3N5O. The van der Waals surface area contributed by atoms with Crippen molar-refractivity contribution in [3.8, 4) is 16.9 Å². The average molecular weight is 371 g/mol. The van der Waals surface area contributed by atoms with Crippen molar-refractivity contribution in [1.82, 2.24) is 24.7 Å². The second-order valence-corrected chi connectivity index (χ2v) is 5.65. The molecule has 0 aliphatic carbocycles. The van der Waals surface area contributed by atoms with Crippen LogP contribution in [0, 0.1) is 5.82 Å². The lowest BCUT2D eigenvalue weighted by Crippen LogP contribution is -2.04. The molecule has 9 heteroatoms. The third kappa shape index (κ3) is 3.57. The maximum Gasteiger partial charge on any atom is 0.387 e. The monoisotopic (exact) mass is 371 g/mol. The van der Waals surface area contributed by atoms with E-state index in [1.165, 1.54) is 12.1 Å². The molecule has 0 unspecified atom stereocenters. The third-order valence-corrected chi connectivity index (χ3v) is 3.90. The van der Waals surface area contributed by atoms with Crippen LogP contribution in [-0.2, 0) is 6.54 Å². The number of nitrogens with zero attached hydrogens (tertiary/aromatic N) is 5. The molecule has 0 saturated heterocycles. The lowest BCUT2D eigenvalue weighted by molar-refractivity contribution is -0.0521. The molecule has 0 bridgehead atoms. The molecule has 4 rings (SSSR count). The molecule has 1 aromatic carbocycles.